The van der Waals surface area contributed by atoms with Gasteiger partial charge in [-0.25, -0.2) is 4.79 Å². The van der Waals surface area contributed by atoms with Crippen molar-refractivity contribution in [3.8, 4) is 0 Å². The lowest BCUT2D eigenvalue weighted by Gasteiger charge is -2.28. The van der Waals surface area contributed by atoms with E-state index < -0.39 is 101 Å². The van der Waals surface area contributed by atoms with E-state index in [1.165, 1.54) is 6.92 Å². The van der Waals surface area contributed by atoms with E-state index in [1.54, 1.807) is 63.0 Å². The Hall–Kier alpha value is -5.39. The summed E-state index contributed by atoms with van der Waals surface area (Å²) in [6, 6.07) is 2.41. The van der Waals surface area contributed by atoms with Crippen molar-refractivity contribution in [1.29, 1.82) is 0 Å². The van der Waals surface area contributed by atoms with Gasteiger partial charge in [-0.3, -0.25) is 38.5 Å². The number of carboxylic acids is 1. The van der Waals surface area contributed by atoms with E-state index in [2.05, 4.69) is 26.6 Å². The predicted molar refractivity (Wildman–Crippen MR) is 173 cm³/mol. The van der Waals surface area contributed by atoms with Crippen LogP contribution in [-0.2, 0) is 30.4 Å². The van der Waals surface area contributed by atoms with E-state index in [0.29, 0.717) is 5.56 Å². The number of carbonyl (C=O) groups is 6. The molecule has 0 aliphatic rings. The fraction of sp³-hybridized carbons (Fsp3) is 0.484. The summed E-state index contributed by atoms with van der Waals surface area (Å²) in [6.07, 6.45) is 0.156. The van der Waals surface area contributed by atoms with Crippen LogP contribution in [0.5, 0.6) is 0 Å². The Labute approximate surface area is 280 Å². The molecule has 5 atom stereocenters. The minimum absolute atomic E-state index is 0.0235. The van der Waals surface area contributed by atoms with Crippen LogP contribution in [0.2, 0.25) is 0 Å². The summed E-state index contributed by atoms with van der Waals surface area (Å²) in [6.45, 7) is 7.54. The molecule has 0 fully saturated rings. The largest absolute Gasteiger partial charge is 0.480 e. The number of carbonyl (C=O) groups excluding carboxylic acids is 5. The number of aliphatic carboxylic acids is 1. The Balaban J connectivity index is 2.17. The first-order valence-corrected chi connectivity index (χ1v) is 15.4. The van der Waals surface area contributed by atoms with Gasteiger partial charge in [0, 0.05) is 13.0 Å². The van der Waals surface area contributed by atoms with E-state index in [0.717, 1.165) is 0 Å². The fourth-order valence-electron chi connectivity index (χ4n) is 4.48. The van der Waals surface area contributed by atoms with Gasteiger partial charge < -0.3 is 42.4 Å². The minimum Gasteiger partial charge on any atom is -0.480 e. The van der Waals surface area contributed by atoms with Gasteiger partial charge in [-0.2, -0.15) is 4.39 Å². The molecule has 1 aromatic heterocycles. The van der Waals surface area contributed by atoms with Gasteiger partial charge in [-0.15, -0.1) is 0 Å². The standard InChI is InChI=1S/C31H43FN8O9/c1-14(2)11-19(26(43)36-20(12-17-9-7-6-8-10-17)25(42)35-16(5)30(47)48)37-29(46)22(15(3)4)38-24(41)18(33)13-34-28(45)23-21(32)27(44)40-31(49)39-23/h6-10,14-16,18-20,22H,11-13,33H2,1-5H3,(H,34,45)(H,35,42)(H,36,43)(H,37,46)(H,38,41)(H,47,48)(H2,39,40,44,49)/t16-,18+,19+,20+,22+/m1/s1. The number of aromatic amines is 2. The van der Waals surface area contributed by atoms with Crippen LogP contribution in [0, 0.1) is 17.7 Å². The Bertz CT molecular complexity index is 1630. The number of nitrogens with two attached hydrogens (primary N) is 1. The number of halogens is 1. The van der Waals surface area contributed by atoms with E-state index >= 15 is 0 Å². The summed E-state index contributed by atoms with van der Waals surface area (Å²) in [7, 11) is 0. The molecule has 49 heavy (non-hydrogen) atoms. The lowest BCUT2D eigenvalue weighted by molar-refractivity contribution is -0.141. The predicted octanol–water partition coefficient (Wildman–Crippen LogP) is -1.75. The fourth-order valence-corrected chi connectivity index (χ4v) is 4.48. The second kappa shape index (κ2) is 18.2. The smallest absolute Gasteiger partial charge is 0.326 e. The molecule has 1 heterocycles. The van der Waals surface area contributed by atoms with Crippen LogP contribution in [0.15, 0.2) is 39.9 Å². The number of hydrogen-bond donors (Lipinski definition) is 9. The van der Waals surface area contributed by atoms with Crippen LogP contribution >= 0.6 is 0 Å². The van der Waals surface area contributed by atoms with Crippen LogP contribution in [-0.4, -0.2) is 87.3 Å². The Kier molecular flexibility index (Phi) is 14.8. The number of benzene rings is 1. The van der Waals surface area contributed by atoms with Crippen molar-refractivity contribution < 1.29 is 38.3 Å². The first kappa shape index (κ1) is 39.8. The molecule has 17 nitrogen and oxygen atoms in total. The van der Waals surface area contributed by atoms with E-state index in [1.807, 2.05) is 4.98 Å². The monoisotopic (exact) mass is 690 g/mol. The summed E-state index contributed by atoms with van der Waals surface area (Å²) >= 11 is 0. The van der Waals surface area contributed by atoms with Crippen LogP contribution in [0.1, 0.15) is 57.1 Å². The van der Waals surface area contributed by atoms with Gasteiger partial charge in [-0.1, -0.05) is 58.0 Å². The molecule has 0 bridgehead atoms. The number of rotatable bonds is 17. The highest BCUT2D eigenvalue weighted by Gasteiger charge is 2.33. The lowest BCUT2D eigenvalue weighted by atomic mass is 9.98. The van der Waals surface area contributed by atoms with E-state index in [4.69, 9.17) is 5.73 Å². The SMILES string of the molecule is CC(C)C[C@H](NC(=O)[C@@H](NC(=O)[C@@H](N)CNC(=O)c1[nH]c(=O)[nH]c(=O)c1F)C(C)C)C(=O)N[C@@H](Cc1ccccc1)C(=O)N[C@H](C)C(=O)O. The molecule has 5 amide bonds. The molecule has 0 unspecified atom stereocenters. The lowest BCUT2D eigenvalue weighted by Crippen LogP contribution is -2.60. The number of carboxylic acid groups (broad SMARTS) is 1. The Morgan fingerprint density at radius 2 is 1.41 bits per heavy atom. The maximum Gasteiger partial charge on any atom is 0.326 e. The molecule has 10 N–H and O–H groups in total. The average Bonchev–Trinajstić information content (AvgIpc) is 3.02. The normalized spacial score (nSPS) is 14.1. The van der Waals surface area contributed by atoms with Crippen molar-refractivity contribution in [2.24, 2.45) is 17.6 Å². The van der Waals surface area contributed by atoms with Gasteiger partial charge in [0.25, 0.3) is 11.5 Å². The molecule has 0 aliphatic heterocycles. The van der Waals surface area contributed by atoms with Gasteiger partial charge in [0.1, 0.15) is 35.9 Å². The quantitative estimate of drug-likeness (QED) is 0.0903. The summed E-state index contributed by atoms with van der Waals surface area (Å²) in [5.41, 5.74) is 3.04. The van der Waals surface area contributed by atoms with Crippen LogP contribution < -0.4 is 43.6 Å². The number of hydrogen-bond acceptors (Lipinski definition) is 9. The maximum absolute atomic E-state index is 14.0. The highest BCUT2D eigenvalue weighted by Crippen LogP contribution is 2.10. The van der Waals surface area contributed by atoms with Gasteiger partial charge in [0.05, 0.1) is 0 Å². The average molecular weight is 691 g/mol. The summed E-state index contributed by atoms with van der Waals surface area (Å²) < 4.78 is 14.0. The van der Waals surface area contributed by atoms with Gasteiger partial charge >= 0.3 is 11.7 Å². The maximum atomic E-state index is 14.0. The number of H-pyrrole nitrogens is 2. The summed E-state index contributed by atoms with van der Waals surface area (Å²) in [4.78, 5) is 103. The van der Waals surface area contributed by atoms with Crippen LogP contribution in [0.4, 0.5) is 4.39 Å². The van der Waals surface area contributed by atoms with Crippen molar-refractivity contribution in [3.05, 3.63) is 68.2 Å². The summed E-state index contributed by atoms with van der Waals surface area (Å²) in [5, 5.41) is 21.4. The third-order valence-electron chi connectivity index (χ3n) is 7.16. The molecular weight excluding hydrogens is 647 g/mol. The van der Waals surface area contributed by atoms with Crippen molar-refractivity contribution >= 4 is 35.5 Å². The first-order valence-electron chi connectivity index (χ1n) is 15.4. The topological polar surface area (TPSA) is 275 Å². The van der Waals surface area contributed by atoms with Crippen molar-refractivity contribution in [3.63, 3.8) is 0 Å². The summed E-state index contributed by atoms with van der Waals surface area (Å²) in [5.74, 6) is -7.81. The molecule has 0 spiro atoms. The van der Waals surface area contributed by atoms with Crippen LogP contribution in [0.25, 0.3) is 0 Å². The zero-order chi connectivity index (χ0) is 37.0. The Morgan fingerprint density at radius 3 is 1.98 bits per heavy atom. The molecule has 0 saturated carbocycles. The molecule has 268 valence electrons. The molecule has 2 rings (SSSR count). The zero-order valence-corrected chi connectivity index (χ0v) is 27.7. The van der Waals surface area contributed by atoms with E-state index in [-0.39, 0.29) is 18.8 Å². The first-order chi connectivity index (χ1) is 22.9. The highest BCUT2D eigenvalue weighted by molar-refractivity contribution is 5.96. The zero-order valence-electron chi connectivity index (χ0n) is 27.7. The molecular formula is C31H43FN8O9. The number of nitrogens with one attached hydrogen (secondary N) is 7. The molecule has 0 radical (unpaired) electrons. The van der Waals surface area contributed by atoms with Crippen molar-refractivity contribution in [2.75, 3.05) is 6.54 Å². The molecule has 18 heteroatoms. The van der Waals surface area contributed by atoms with Gasteiger partial charge in [0.15, 0.2) is 0 Å². The molecule has 0 saturated heterocycles. The van der Waals surface area contributed by atoms with Gasteiger partial charge in [-0.05, 0) is 30.7 Å². The highest BCUT2D eigenvalue weighted by atomic mass is 19.1. The molecule has 0 aliphatic carbocycles. The Morgan fingerprint density at radius 1 is 0.816 bits per heavy atom. The van der Waals surface area contributed by atoms with Crippen molar-refractivity contribution in [1.82, 2.24) is 36.6 Å². The second-order valence-corrected chi connectivity index (χ2v) is 12.2. The van der Waals surface area contributed by atoms with Crippen molar-refractivity contribution in [2.45, 2.75) is 77.7 Å². The van der Waals surface area contributed by atoms with Gasteiger partial charge in [0.2, 0.25) is 29.4 Å². The number of amides is 5. The number of aromatic nitrogens is 2. The van der Waals surface area contributed by atoms with Crippen LogP contribution in [0.3, 0.4) is 0 Å². The van der Waals surface area contributed by atoms with E-state index in [9.17, 15) is 47.9 Å². The second-order valence-electron chi connectivity index (χ2n) is 12.2. The molecule has 1 aromatic carbocycles. The molecule has 2 aromatic rings. The third kappa shape index (κ3) is 12.3. The minimum atomic E-state index is -1.55. The third-order valence-corrected chi connectivity index (χ3v) is 7.16.